The van der Waals surface area contributed by atoms with Gasteiger partial charge in [0, 0.05) is 28.9 Å². The van der Waals surface area contributed by atoms with Gasteiger partial charge >= 0.3 is 5.97 Å². The molecule has 4 rings (SSSR count). The third-order valence-electron chi connectivity index (χ3n) is 5.88. The van der Waals surface area contributed by atoms with E-state index in [0.29, 0.717) is 27.7 Å². The van der Waals surface area contributed by atoms with Gasteiger partial charge in [-0.05, 0) is 63.6 Å². The molecule has 2 aromatic heterocycles. The quantitative estimate of drug-likeness (QED) is 0.280. The Bertz CT molecular complexity index is 1560. The lowest BCUT2D eigenvalue weighted by atomic mass is 10.0. The van der Waals surface area contributed by atoms with E-state index in [4.69, 9.17) is 16.3 Å². The monoisotopic (exact) mass is 533 g/mol. The van der Waals surface area contributed by atoms with Crippen molar-refractivity contribution in [1.82, 2.24) is 15.0 Å². The van der Waals surface area contributed by atoms with Crippen molar-refractivity contribution in [1.29, 1.82) is 5.26 Å². The first kappa shape index (κ1) is 26.9. The van der Waals surface area contributed by atoms with E-state index in [1.54, 1.807) is 52.2 Å². The zero-order valence-electron chi connectivity index (χ0n) is 21.2. The number of carbonyl (C=O) groups excluding carboxylic acids is 1. The number of nitriles is 1. The highest BCUT2D eigenvalue weighted by atomic mass is 35.5. The maximum atomic E-state index is 14.7. The van der Waals surface area contributed by atoms with Crippen LogP contribution >= 0.6 is 11.6 Å². The molecule has 0 aliphatic rings. The predicted octanol–water partition coefficient (Wildman–Crippen LogP) is 5.93. The Hall–Kier alpha value is -4.13. The number of aliphatic hydroxyl groups is 1. The topological polar surface area (TPSA) is 121 Å². The summed E-state index contributed by atoms with van der Waals surface area (Å²) in [5, 5.41) is 23.2. The van der Waals surface area contributed by atoms with E-state index in [1.165, 1.54) is 18.2 Å². The molecule has 10 heteroatoms. The number of nitrogens with zero attached hydrogens (tertiary/aromatic N) is 4. The summed E-state index contributed by atoms with van der Waals surface area (Å²) >= 11 is 6.69. The van der Waals surface area contributed by atoms with E-state index in [9.17, 15) is 19.6 Å². The summed E-state index contributed by atoms with van der Waals surface area (Å²) in [7, 11) is 0. The SMILES string of the molecule is CCOC(=O)c1nc2ccc(-c3cnc(C(C)(C)O)nc3)cc2c(N[C@H](C)c2cc(C#N)ccc2F)c1Cl. The highest BCUT2D eigenvalue weighted by Gasteiger charge is 2.23. The number of carbonyl (C=O) groups is 1. The number of fused-ring (bicyclic) bond motifs is 1. The molecule has 2 aromatic carbocycles. The van der Waals surface area contributed by atoms with Crippen LogP contribution in [0.15, 0.2) is 48.8 Å². The number of benzene rings is 2. The minimum absolute atomic E-state index is 0.0189. The Morgan fingerprint density at radius 2 is 1.92 bits per heavy atom. The van der Waals surface area contributed by atoms with Crippen molar-refractivity contribution in [2.45, 2.75) is 39.3 Å². The number of rotatable bonds is 7. The Kier molecular flexibility index (Phi) is 7.58. The van der Waals surface area contributed by atoms with Gasteiger partial charge in [0.2, 0.25) is 0 Å². The lowest BCUT2D eigenvalue weighted by molar-refractivity contribution is 0.0520. The van der Waals surface area contributed by atoms with Gasteiger partial charge in [-0.3, -0.25) is 0 Å². The fraction of sp³-hybridized carbons (Fsp3) is 0.250. The summed E-state index contributed by atoms with van der Waals surface area (Å²) in [5.41, 5.74) is 1.52. The van der Waals surface area contributed by atoms with Crippen molar-refractivity contribution in [3.05, 3.63) is 82.3 Å². The van der Waals surface area contributed by atoms with Crippen LogP contribution in [0.3, 0.4) is 0 Å². The molecular weight excluding hydrogens is 509 g/mol. The van der Waals surface area contributed by atoms with Gasteiger partial charge in [-0.2, -0.15) is 5.26 Å². The van der Waals surface area contributed by atoms with E-state index in [2.05, 4.69) is 20.3 Å². The van der Waals surface area contributed by atoms with Gasteiger partial charge in [0.25, 0.3) is 0 Å². The van der Waals surface area contributed by atoms with Crippen molar-refractivity contribution >= 4 is 34.2 Å². The fourth-order valence-electron chi connectivity index (χ4n) is 3.93. The maximum Gasteiger partial charge on any atom is 0.358 e. The molecule has 8 nitrogen and oxygen atoms in total. The summed E-state index contributed by atoms with van der Waals surface area (Å²) < 4.78 is 19.8. The van der Waals surface area contributed by atoms with Crippen LogP contribution < -0.4 is 5.32 Å². The Morgan fingerprint density at radius 1 is 1.21 bits per heavy atom. The molecule has 0 bridgehead atoms. The van der Waals surface area contributed by atoms with E-state index in [1.807, 2.05) is 12.1 Å². The molecule has 0 aliphatic carbocycles. The average Bonchev–Trinajstić information content (AvgIpc) is 2.89. The maximum absolute atomic E-state index is 14.7. The molecule has 38 heavy (non-hydrogen) atoms. The summed E-state index contributed by atoms with van der Waals surface area (Å²) in [6.45, 7) is 6.73. The molecule has 0 amide bonds. The van der Waals surface area contributed by atoms with Crippen LogP contribution in [-0.2, 0) is 10.3 Å². The van der Waals surface area contributed by atoms with Crippen LogP contribution in [0.4, 0.5) is 10.1 Å². The predicted molar refractivity (Wildman–Crippen MR) is 142 cm³/mol. The molecule has 0 fully saturated rings. The van der Waals surface area contributed by atoms with Gasteiger partial charge in [0.15, 0.2) is 11.5 Å². The number of esters is 1. The van der Waals surface area contributed by atoms with Gasteiger partial charge in [-0.15, -0.1) is 0 Å². The fourth-order valence-corrected chi connectivity index (χ4v) is 4.20. The highest BCUT2D eigenvalue weighted by Crippen LogP contribution is 2.38. The van der Waals surface area contributed by atoms with Gasteiger partial charge in [-0.25, -0.2) is 24.1 Å². The Labute approximate surface area is 224 Å². The number of nitrogens with one attached hydrogen (secondary N) is 1. The molecule has 0 saturated carbocycles. The van der Waals surface area contributed by atoms with Crippen LogP contribution in [-0.4, -0.2) is 32.6 Å². The lowest BCUT2D eigenvalue weighted by Gasteiger charge is -2.21. The molecule has 0 radical (unpaired) electrons. The van der Waals surface area contributed by atoms with E-state index < -0.39 is 23.4 Å². The first-order valence-corrected chi connectivity index (χ1v) is 12.2. The van der Waals surface area contributed by atoms with Crippen LogP contribution in [0, 0.1) is 17.1 Å². The Balaban J connectivity index is 1.86. The normalized spacial score (nSPS) is 12.2. The van der Waals surface area contributed by atoms with Crippen LogP contribution in [0.2, 0.25) is 5.02 Å². The van der Waals surface area contributed by atoms with Gasteiger partial charge in [0.1, 0.15) is 11.4 Å². The number of hydrogen-bond acceptors (Lipinski definition) is 8. The minimum Gasteiger partial charge on any atom is -0.461 e. The zero-order chi connectivity index (χ0) is 27.6. The number of ether oxygens (including phenoxy) is 1. The van der Waals surface area contributed by atoms with Crippen LogP contribution in [0.5, 0.6) is 0 Å². The van der Waals surface area contributed by atoms with Gasteiger partial charge < -0.3 is 15.2 Å². The number of aromatic nitrogens is 3. The van der Waals surface area contributed by atoms with E-state index in [0.717, 1.165) is 5.56 Å². The number of pyridine rings is 1. The smallest absolute Gasteiger partial charge is 0.358 e. The molecule has 2 N–H and O–H groups in total. The van der Waals surface area contributed by atoms with Crippen molar-refractivity contribution in [2.24, 2.45) is 0 Å². The summed E-state index contributed by atoms with van der Waals surface area (Å²) in [4.78, 5) is 25.6. The molecule has 1 atom stereocenters. The van der Waals surface area contributed by atoms with Crippen LogP contribution in [0.1, 0.15) is 61.2 Å². The second kappa shape index (κ2) is 10.7. The molecule has 2 heterocycles. The third-order valence-corrected chi connectivity index (χ3v) is 6.25. The summed E-state index contributed by atoms with van der Waals surface area (Å²) in [6, 6.07) is 10.8. The van der Waals surface area contributed by atoms with Crippen molar-refractivity contribution in [3.8, 4) is 17.2 Å². The third kappa shape index (κ3) is 5.42. The number of anilines is 1. The van der Waals surface area contributed by atoms with Crippen molar-refractivity contribution in [3.63, 3.8) is 0 Å². The molecule has 4 aromatic rings. The Morgan fingerprint density at radius 3 is 2.55 bits per heavy atom. The van der Waals surface area contributed by atoms with Crippen molar-refractivity contribution in [2.75, 3.05) is 11.9 Å². The molecular formula is C28H25ClFN5O3. The largest absolute Gasteiger partial charge is 0.461 e. The number of halogens is 2. The molecule has 0 spiro atoms. The standard InChI is InChI=1S/C28H25ClFN5O3/c1-5-38-26(36)25-23(29)24(34-15(2)19-10-16(12-31)6-8-21(19)30)20-11-17(7-9-22(20)35-25)18-13-32-27(33-14-18)28(3,4)37/h6-11,13-15,37H,5H2,1-4H3,(H,34,35)/t15-/m1/s1. The lowest BCUT2D eigenvalue weighted by Crippen LogP contribution is -2.19. The number of hydrogen-bond donors (Lipinski definition) is 2. The minimum atomic E-state index is -1.19. The van der Waals surface area contributed by atoms with Crippen molar-refractivity contribution < 1.29 is 19.0 Å². The second-order valence-electron chi connectivity index (χ2n) is 9.17. The van der Waals surface area contributed by atoms with E-state index in [-0.39, 0.29) is 28.7 Å². The zero-order valence-corrected chi connectivity index (χ0v) is 22.0. The van der Waals surface area contributed by atoms with Gasteiger partial charge in [-0.1, -0.05) is 17.7 Å². The first-order valence-electron chi connectivity index (χ1n) is 11.8. The second-order valence-corrected chi connectivity index (χ2v) is 9.55. The molecule has 0 aliphatic heterocycles. The molecule has 0 saturated heterocycles. The first-order chi connectivity index (χ1) is 18.0. The van der Waals surface area contributed by atoms with Gasteiger partial charge in [0.05, 0.1) is 40.5 Å². The average molecular weight is 534 g/mol. The molecule has 194 valence electrons. The molecule has 0 unspecified atom stereocenters. The summed E-state index contributed by atoms with van der Waals surface area (Å²) in [5.74, 6) is -0.898. The van der Waals surface area contributed by atoms with E-state index >= 15 is 0 Å². The van der Waals surface area contributed by atoms with Crippen LogP contribution in [0.25, 0.3) is 22.0 Å². The summed E-state index contributed by atoms with van der Waals surface area (Å²) in [6.07, 6.45) is 3.20. The highest BCUT2D eigenvalue weighted by molar-refractivity contribution is 6.37.